The Kier molecular flexibility index (Phi) is 4.16. The van der Waals surface area contributed by atoms with Gasteiger partial charge in [0.05, 0.1) is 16.7 Å². The second kappa shape index (κ2) is 6.08. The van der Waals surface area contributed by atoms with Crippen LogP contribution < -0.4 is 5.32 Å². The van der Waals surface area contributed by atoms with Gasteiger partial charge in [0.15, 0.2) is 0 Å². The van der Waals surface area contributed by atoms with Crippen molar-refractivity contribution in [3.63, 3.8) is 0 Å². The van der Waals surface area contributed by atoms with Crippen LogP contribution in [-0.4, -0.2) is 29.5 Å². The second-order valence-electron chi connectivity index (χ2n) is 5.91. The first-order chi connectivity index (χ1) is 10.6. The number of aromatic nitrogens is 1. The molecule has 22 heavy (non-hydrogen) atoms. The number of benzene rings is 1. The number of hydrogen-bond donors (Lipinski definition) is 1. The van der Waals surface area contributed by atoms with Crippen LogP contribution in [0.3, 0.4) is 0 Å². The Morgan fingerprint density at radius 1 is 1.36 bits per heavy atom. The molecule has 1 aliphatic rings. The zero-order valence-electron chi connectivity index (χ0n) is 13.0. The summed E-state index contributed by atoms with van der Waals surface area (Å²) in [4.78, 5) is 19.7. The molecule has 0 bridgehead atoms. The molecule has 1 fully saturated rings. The largest absolute Gasteiger partial charge is 0.328 e. The first-order valence-corrected chi connectivity index (χ1v) is 8.46. The first kappa shape index (κ1) is 15.0. The Morgan fingerprint density at radius 3 is 2.68 bits per heavy atom. The van der Waals surface area contributed by atoms with Crippen LogP contribution in [0.2, 0.25) is 0 Å². The first-order valence-electron chi connectivity index (χ1n) is 7.58. The predicted molar refractivity (Wildman–Crippen MR) is 89.1 cm³/mol. The van der Waals surface area contributed by atoms with E-state index in [-0.39, 0.29) is 11.6 Å². The van der Waals surface area contributed by atoms with Crippen molar-refractivity contribution >= 4 is 17.4 Å². The zero-order chi connectivity index (χ0) is 15.6. The van der Waals surface area contributed by atoms with E-state index < -0.39 is 0 Å². The van der Waals surface area contributed by atoms with E-state index in [9.17, 15) is 4.79 Å². The Hall–Kier alpha value is -1.88. The SMILES string of the molecule is Cc1ncsc1CCN(C)C(=O)NC1(c2ccccc2)CC1. The Morgan fingerprint density at radius 2 is 2.09 bits per heavy atom. The summed E-state index contributed by atoms with van der Waals surface area (Å²) in [6.45, 7) is 2.72. The molecule has 1 N–H and O–H groups in total. The van der Waals surface area contributed by atoms with Crippen LogP contribution in [0.5, 0.6) is 0 Å². The fourth-order valence-electron chi connectivity index (χ4n) is 2.61. The normalized spacial score (nSPS) is 15.4. The van der Waals surface area contributed by atoms with E-state index in [0.717, 1.165) is 25.0 Å². The maximum atomic E-state index is 12.4. The number of amides is 2. The molecule has 0 aliphatic heterocycles. The molecular formula is C17H21N3OS. The molecular weight excluding hydrogens is 294 g/mol. The standard InChI is InChI=1S/C17H21N3OS/c1-13-15(22-12-18-13)8-11-20(2)16(21)19-17(9-10-17)14-6-4-3-5-7-14/h3-7,12H,8-11H2,1-2H3,(H,19,21). The van der Waals surface area contributed by atoms with Crippen LogP contribution in [0.1, 0.15) is 29.0 Å². The number of carbonyl (C=O) groups excluding carboxylic acids is 1. The third kappa shape index (κ3) is 3.14. The molecule has 0 spiro atoms. The van der Waals surface area contributed by atoms with Crippen molar-refractivity contribution in [2.75, 3.05) is 13.6 Å². The lowest BCUT2D eigenvalue weighted by Gasteiger charge is -2.23. The number of likely N-dealkylation sites (N-methyl/N-ethyl adjacent to an activating group) is 1. The monoisotopic (exact) mass is 315 g/mol. The van der Waals surface area contributed by atoms with E-state index in [1.807, 2.05) is 37.7 Å². The summed E-state index contributed by atoms with van der Waals surface area (Å²) in [5.41, 5.74) is 3.99. The van der Waals surface area contributed by atoms with Crippen molar-refractivity contribution in [2.45, 2.75) is 31.7 Å². The molecule has 1 heterocycles. The number of aryl methyl sites for hydroxylation is 1. The third-order valence-corrected chi connectivity index (χ3v) is 5.28. The second-order valence-corrected chi connectivity index (χ2v) is 6.85. The number of rotatable bonds is 5. The fraction of sp³-hybridized carbons (Fsp3) is 0.412. The number of carbonyl (C=O) groups is 1. The minimum atomic E-state index is -0.146. The average molecular weight is 315 g/mol. The summed E-state index contributed by atoms with van der Waals surface area (Å²) in [6, 6.07) is 10.2. The van der Waals surface area contributed by atoms with Gasteiger partial charge < -0.3 is 10.2 Å². The fourth-order valence-corrected chi connectivity index (χ4v) is 3.38. The van der Waals surface area contributed by atoms with Gasteiger partial charge in [-0.1, -0.05) is 30.3 Å². The van der Waals surface area contributed by atoms with Gasteiger partial charge in [0.1, 0.15) is 0 Å². The van der Waals surface area contributed by atoms with Crippen LogP contribution in [0.15, 0.2) is 35.8 Å². The van der Waals surface area contributed by atoms with E-state index in [1.165, 1.54) is 10.4 Å². The molecule has 3 rings (SSSR count). The van der Waals surface area contributed by atoms with Crippen molar-refractivity contribution in [1.82, 2.24) is 15.2 Å². The van der Waals surface area contributed by atoms with Gasteiger partial charge in [-0.2, -0.15) is 0 Å². The number of urea groups is 1. The van der Waals surface area contributed by atoms with Crippen molar-refractivity contribution < 1.29 is 4.79 Å². The molecule has 0 saturated heterocycles. The quantitative estimate of drug-likeness (QED) is 0.920. The lowest BCUT2D eigenvalue weighted by Crippen LogP contribution is -2.43. The van der Waals surface area contributed by atoms with Crippen molar-refractivity contribution in [3.8, 4) is 0 Å². The minimum absolute atomic E-state index is 0.00326. The highest BCUT2D eigenvalue weighted by atomic mass is 32.1. The number of thiazole rings is 1. The molecule has 0 radical (unpaired) electrons. The van der Waals surface area contributed by atoms with Crippen LogP contribution in [0.4, 0.5) is 4.79 Å². The van der Waals surface area contributed by atoms with E-state index >= 15 is 0 Å². The highest BCUT2D eigenvalue weighted by Gasteiger charge is 2.45. The summed E-state index contributed by atoms with van der Waals surface area (Å²) < 4.78 is 0. The molecule has 0 unspecified atom stereocenters. The molecule has 116 valence electrons. The van der Waals surface area contributed by atoms with Gasteiger partial charge in [0.25, 0.3) is 0 Å². The highest BCUT2D eigenvalue weighted by molar-refractivity contribution is 7.09. The van der Waals surface area contributed by atoms with Gasteiger partial charge >= 0.3 is 6.03 Å². The molecule has 5 heteroatoms. The Balaban J connectivity index is 1.57. The summed E-state index contributed by atoms with van der Waals surface area (Å²) in [5, 5.41) is 3.20. The highest BCUT2D eigenvalue weighted by Crippen LogP contribution is 2.45. The van der Waals surface area contributed by atoms with Crippen LogP contribution in [-0.2, 0) is 12.0 Å². The van der Waals surface area contributed by atoms with Crippen LogP contribution >= 0.6 is 11.3 Å². The molecule has 1 aromatic heterocycles. The molecule has 0 atom stereocenters. The predicted octanol–water partition coefficient (Wildman–Crippen LogP) is 3.32. The van der Waals surface area contributed by atoms with E-state index in [2.05, 4.69) is 22.4 Å². The van der Waals surface area contributed by atoms with Gasteiger partial charge in [-0.15, -0.1) is 11.3 Å². The number of nitrogens with zero attached hydrogens (tertiary/aromatic N) is 2. The van der Waals surface area contributed by atoms with E-state index in [4.69, 9.17) is 0 Å². The van der Waals surface area contributed by atoms with Gasteiger partial charge in [0, 0.05) is 24.9 Å². The lowest BCUT2D eigenvalue weighted by atomic mass is 10.1. The third-order valence-electron chi connectivity index (χ3n) is 4.29. The summed E-state index contributed by atoms with van der Waals surface area (Å²) in [6.07, 6.45) is 2.90. The molecule has 1 saturated carbocycles. The topological polar surface area (TPSA) is 45.2 Å². The lowest BCUT2D eigenvalue weighted by molar-refractivity contribution is 0.203. The summed E-state index contributed by atoms with van der Waals surface area (Å²) in [7, 11) is 1.85. The smallest absolute Gasteiger partial charge is 0.317 e. The van der Waals surface area contributed by atoms with Crippen LogP contribution in [0.25, 0.3) is 0 Å². The molecule has 1 aromatic carbocycles. The molecule has 2 aromatic rings. The molecule has 1 aliphatic carbocycles. The van der Waals surface area contributed by atoms with Gasteiger partial charge in [-0.25, -0.2) is 9.78 Å². The van der Waals surface area contributed by atoms with Gasteiger partial charge in [0.2, 0.25) is 0 Å². The maximum Gasteiger partial charge on any atom is 0.317 e. The maximum absolute atomic E-state index is 12.4. The van der Waals surface area contributed by atoms with E-state index in [0.29, 0.717) is 6.54 Å². The summed E-state index contributed by atoms with van der Waals surface area (Å²) >= 11 is 1.66. The average Bonchev–Trinajstić information content (AvgIpc) is 3.20. The summed E-state index contributed by atoms with van der Waals surface area (Å²) in [5.74, 6) is 0. The number of hydrogen-bond acceptors (Lipinski definition) is 3. The van der Waals surface area contributed by atoms with Crippen LogP contribution in [0, 0.1) is 6.92 Å². The minimum Gasteiger partial charge on any atom is -0.328 e. The van der Waals surface area contributed by atoms with Crippen molar-refractivity contribution in [2.24, 2.45) is 0 Å². The van der Waals surface area contributed by atoms with Crippen molar-refractivity contribution in [3.05, 3.63) is 52.0 Å². The molecule has 4 nitrogen and oxygen atoms in total. The van der Waals surface area contributed by atoms with Crippen molar-refractivity contribution in [1.29, 1.82) is 0 Å². The zero-order valence-corrected chi connectivity index (χ0v) is 13.8. The van der Waals surface area contributed by atoms with Gasteiger partial charge in [-0.05, 0) is 25.3 Å². The van der Waals surface area contributed by atoms with E-state index in [1.54, 1.807) is 16.2 Å². The number of nitrogens with one attached hydrogen (secondary N) is 1. The Labute approximate surface area is 135 Å². The Bertz CT molecular complexity index is 649. The van der Waals surface area contributed by atoms with Gasteiger partial charge in [-0.3, -0.25) is 0 Å². The molecule has 2 amide bonds.